The molecular weight excluding hydrogens is 469 g/mol. The summed E-state index contributed by atoms with van der Waals surface area (Å²) in [5.41, 5.74) is 3.26. The van der Waals surface area contributed by atoms with E-state index in [0.717, 1.165) is 30.8 Å². The van der Waals surface area contributed by atoms with Crippen LogP contribution in [0.4, 0.5) is 4.39 Å². The van der Waals surface area contributed by atoms with Crippen molar-refractivity contribution < 1.29 is 18.7 Å². The van der Waals surface area contributed by atoms with Crippen LogP contribution in [-0.2, 0) is 16.1 Å². The van der Waals surface area contributed by atoms with E-state index < -0.39 is 12.0 Å². The van der Waals surface area contributed by atoms with Crippen LogP contribution in [-0.4, -0.2) is 73.0 Å². The van der Waals surface area contributed by atoms with Gasteiger partial charge >= 0.3 is 0 Å². The van der Waals surface area contributed by atoms with Gasteiger partial charge in [-0.2, -0.15) is 0 Å². The molecule has 2 atom stereocenters. The monoisotopic (exact) mass is 501 g/mol. The van der Waals surface area contributed by atoms with E-state index in [1.54, 1.807) is 30.2 Å². The van der Waals surface area contributed by atoms with Gasteiger partial charge in [0.05, 0.1) is 18.6 Å². The van der Waals surface area contributed by atoms with Gasteiger partial charge < -0.3 is 14.5 Å². The number of nitrogens with zero attached hydrogens (tertiary/aromatic N) is 3. The molecule has 0 radical (unpaired) electrons. The third kappa shape index (κ3) is 5.29. The number of halogens is 1. The minimum atomic E-state index is -0.586. The van der Waals surface area contributed by atoms with Crippen LogP contribution in [0.15, 0.2) is 78.9 Å². The molecule has 2 aliphatic rings. The lowest BCUT2D eigenvalue weighted by molar-refractivity contribution is -0.136. The molecule has 5 rings (SSSR count). The minimum Gasteiger partial charge on any atom is -0.383 e. The number of ether oxygens (including phenoxy) is 1. The maximum Gasteiger partial charge on any atom is 0.254 e. The summed E-state index contributed by atoms with van der Waals surface area (Å²) in [5, 5.41) is 0. The van der Waals surface area contributed by atoms with E-state index >= 15 is 0 Å². The van der Waals surface area contributed by atoms with Gasteiger partial charge in [-0.25, -0.2) is 4.39 Å². The highest BCUT2D eigenvalue weighted by Crippen LogP contribution is 2.43. The average molecular weight is 502 g/mol. The molecule has 0 spiro atoms. The van der Waals surface area contributed by atoms with Crippen molar-refractivity contribution in [3.05, 3.63) is 107 Å². The van der Waals surface area contributed by atoms with Gasteiger partial charge in [0.25, 0.3) is 5.91 Å². The molecule has 0 aliphatic carbocycles. The summed E-state index contributed by atoms with van der Waals surface area (Å²) in [7, 11) is 1.59. The molecule has 0 N–H and O–H groups in total. The third-order valence-corrected chi connectivity index (χ3v) is 7.39. The summed E-state index contributed by atoms with van der Waals surface area (Å²) in [6.07, 6.45) is 0. The molecule has 0 aromatic heterocycles. The average Bonchev–Trinajstić information content (AvgIpc) is 2.93. The number of carbonyl (C=O) groups is 2. The second-order valence-electron chi connectivity index (χ2n) is 9.64. The highest BCUT2D eigenvalue weighted by Gasteiger charge is 2.45. The third-order valence-electron chi connectivity index (χ3n) is 7.39. The first kappa shape index (κ1) is 25.1. The summed E-state index contributed by atoms with van der Waals surface area (Å²) in [5.74, 6) is -1.08. The molecule has 2 amide bonds. The van der Waals surface area contributed by atoms with E-state index in [-0.39, 0.29) is 17.6 Å². The smallest absolute Gasteiger partial charge is 0.254 e. The zero-order valence-electron chi connectivity index (χ0n) is 21.1. The Morgan fingerprint density at radius 2 is 1.59 bits per heavy atom. The predicted octanol–water partition coefficient (Wildman–Crippen LogP) is 4.10. The second-order valence-corrected chi connectivity index (χ2v) is 9.64. The number of carbonyl (C=O) groups excluding carboxylic acids is 2. The summed E-state index contributed by atoms with van der Waals surface area (Å²) >= 11 is 0. The van der Waals surface area contributed by atoms with Crippen LogP contribution in [0, 0.1) is 5.82 Å². The number of hydrogen-bond acceptors (Lipinski definition) is 4. The largest absolute Gasteiger partial charge is 0.383 e. The van der Waals surface area contributed by atoms with Crippen molar-refractivity contribution in [3.63, 3.8) is 0 Å². The van der Waals surface area contributed by atoms with Crippen LogP contribution in [0.1, 0.15) is 39.0 Å². The molecule has 1 fully saturated rings. The van der Waals surface area contributed by atoms with Crippen LogP contribution in [0.5, 0.6) is 0 Å². The summed E-state index contributed by atoms with van der Waals surface area (Å²) in [4.78, 5) is 33.8. The molecule has 2 unspecified atom stereocenters. The first-order chi connectivity index (χ1) is 18.1. The topological polar surface area (TPSA) is 53.1 Å². The Morgan fingerprint density at radius 1 is 0.919 bits per heavy atom. The quantitative estimate of drug-likeness (QED) is 0.489. The molecule has 37 heavy (non-hydrogen) atoms. The Bertz CT molecular complexity index is 1230. The SMILES string of the molecule is COCCN1C(=O)c2ccccc2C(C(=O)N2CCN(Cc3ccccc3)CC2)C1c1ccc(F)cc1. The molecule has 2 aliphatic heterocycles. The second kappa shape index (κ2) is 11.2. The van der Waals surface area contributed by atoms with Gasteiger partial charge in [0, 0.05) is 51.9 Å². The molecule has 192 valence electrons. The highest BCUT2D eigenvalue weighted by atomic mass is 19.1. The predicted molar refractivity (Wildman–Crippen MR) is 140 cm³/mol. The van der Waals surface area contributed by atoms with Crippen molar-refractivity contribution in [1.29, 1.82) is 0 Å². The first-order valence-corrected chi connectivity index (χ1v) is 12.8. The normalized spacial score (nSPS) is 20.1. The molecule has 7 heteroatoms. The van der Waals surface area contributed by atoms with Gasteiger partial charge in [-0.05, 0) is 34.9 Å². The van der Waals surface area contributed by atoms with Crippen LogP contribution >= 0.6 is 0 Å². The molecule has 3 aromatic carbocycles. The maximum absolute atomic E-state index is 14.2. The molecule has 2 heterocycles. The van der Waals surface area contributed by atoms with Crippen molar-refractivity contribution in [3.8, 4) is 0 Å². The van der Waals surface area contributed by atoms with Crippen molar-refractivity contribution in [2.24, 2.45) is 0 Å². The van der Waals surface area contributed by atoms with E-state index in [4.69, 9.17) is 4.74 Å². The van der Waals surface area contributed by atoms with Gasteiger partial charge in [-0.1, -0.05) is 60.7 Å². The zero-order valence-corrected chi connectivity index (χ0v) is 21.1. The molecule has 0 bridgehead atoms. The Labute approximate surface area is 217 Å². The lowest BCUT2D eigenvalue weighted by Crippen LogP contribution is -2.53. The molecule has 0 saturated carbocycles. The summed E-state index contributed by atoms with van der Waals surface area (Å²) < 4.78 is 19.1. The van der Waals surface area contributed by atoms with E-state index in [9.17, 15) is 14.0 Å². The van der Waals surface area contributed by atoms with E-state index in [1.165, 1.54) is 17.7 Å². The van der Waals surface area contributed by atoms with Crippen LogP contribution in [0.25, 0.3) is 0 Å². The molecule has 6 nitrogen and oxygen atoms in total. The Hall–Kier alpha value is -3.55. The lowest BCUT2D eigenvalue weighted by atomic mass is 9.78. The van der Waals surface area contributed by atoms with E-state index in [1.807, 2.05) is 41.3 Å². The van der Waals surface area contributed by atoms with E-state index in [2.05, 4.69) is 17.0 Å². The number of methoxy groups -OCH3 is 1. The van der Waals surface area contributed by atoms with E-state index in [0.29, 0.717) is 31.8 Å². The van der Waals surface area contributed by atoms with Gasteiger partial charge in [-0.15, -0.1) is 0 Å². The summed E-state index contributed by atoms with van der Waals surface area (Å²) in [6.45, 7) is 4.32. The van der Waals surface area contributed by atoms with Gasteiger partial charge in [0.15, 0.2) is 0 Å². The Morgan fingerprint density at radius 3 is 2.30 bits per heavy atom. The molecule has 3 aromatic rings. The summed E-state index contributed by atoms with van der Waals surface area (Å²) in [6, 6.07) is 23.3. The van der Waals surface area contributed by atoms with Crippen molar-refractivity contribution in [1.82, 2.24) is 14.7 Å². The van der Waals surface area contributed by atoms with Crippen LogP contribution in [0.2, 0.25) is 0 Å². The Balaban J connectivity index is 1.45. The fraction of sp³-hybridized carbons (Fsp3) is 0.333. The number of benzene rings is 3. The number of rotatable bonds is 7. The number of fused-ring (bicyclic) bond motifs is 1. The van der Waals surface area contributed by atoms with Crippen LogP contribution in [0.3, 0.4) is 0 Å². The van der Waals surface area contributed by atoms with Crippen LogP contribution < -0.4 is 0 Å². The van der Waals surface area contributed by atoms with Gasteiger partial charge in [-0.3, -0.25) is 14.5 Å². The van der Waals surface area contributed by atoms with Crippen molar-refractivity contribution in [2.45, 2.75) is 18.5 Å². The zero-order chi connectivity index (χ0) is 25.8. The van der Waals surface area contributed by atoms with Gasteiger partial charge in [0.2, 0.25) is 5.91 Å². The van der Waals surface area contributed by atoms with Crippen molar-refractivity contribution in [2.75, 3.05) is 46.4 Å². The lowest BCUT2D eigenvalue weighted by Gasteiger charge is -2.44. The fourth-order valence-corrected chi connectivity index (χ4v) is 5.49. The number of piperazine rings is 1. The van der Waals surface area contributed by atoms with Gasteiger partial charge in [0.1, 0.15) is 5.82 Å². The highest BCUT2D eigenvalue weighted by molar-refractivity contribution is 6.01. The number of amides is 2. The Kier molecular flexibility index (Phi) is 7.63. The maximum atomic E-state index is 14.2. The standard InChI is InChI=1S/C30H32FN3O3/c1-37-20-19-34-28(23-11-13-24(31)14-12-23)27(25-9-5-6-10-26(25)29(34)35)30(36)33-17-15-32(16-18-33)21-22-7-3-2-4-8-22/h2-14,27-28H,15-21H2,1H3. The molecule has 1 saturated heterocycles. The fourth-order valence-electron chi connectivity index (χ4n) is 5.49. The number of hydrogen-bond donors (Lipinski definition) is 0. The van der Waals surface area contributed by atoms with Crippen molar-refractivity contribution >= 4 is 11.8 Å². The first-order valence-electron chi connectivity index (χ1n) is 12.8. The minimum absolute atomic E-state index is 0.00365. The molecular formula is C30H32FN3O3.